The summed E-state index contributed by atoms with van der Waals surface area (Å²) in [7, 11) is 0. The van der Waals surface area contributed by atoms with Crippen molar-refractivity contribution >= 4 is 11.8 Å². The predicted molar refractivity (Wildman–Crippen MR) is 58.3 cm³/mol. The summed E-state index contributed by atoms with van der Waals surface area (Å²) in [6.45, 7) is 1.74. The van der Waals surface area contributed by atoms with Gasteiger partial charge in [0.15, 0.2) is 0 Å². The molecular weight excluding hydrogens is 208 g/mol. The van der Waals surface area contributed by atoms with E-state index in [0.717, 1.165) is 38.8 Å². The van der Waals surface area contributed by atoms with E-state index in [4.69, 9.17) is 0 Å². The molecule has 2 saturated heterocycles. The molecule has 0 aromatic rings. The maximum Gasteiger partial charge on any atom is 0.255 e. The monoisotopic (exact) mass is 226 g/mol. The van der Waals surface area contributed by atoms with Crippen molar-refractivity contribution in [1.29, 1.82) is 0 Å². The first kappa shape index (κ1) is 11.3. The van der Waals surface area contributed by atoms with Crippen LogP contribution >= 0.6 is 0 Å². The first-order valence-electron chi connectivity index (χ1n) is 5.84. The van der Waals surface area contributed by atoms with Crippen molar-refractivity contribution < 1.29 is 9.59 Å². The van der Waals surface area contributed by atoms with E-state index in [2.05, 4.69) is 21.5 Å². The van der Waals surface area contributed by atoms with Crippen molar-refractivity contribution in [2.45, 2.75) is 37.8 Å². The molecule has 2 aliphatic heterocycles. The third-order valence-corrected chi connectivity index (χ3v) is 3.06. The molecule has 0 aliphatic carbocycles. The van der Waals surface area contributed by atoms with Crippen LogP contribution in [0.2, 0.25) is 0 Å². The lowest BCUT2D eigenvalue weighted by molar-refractivity contribution is -0.130. The molecule has 0 unspecified atom stereocenters. The van der Waals surface area contributed by atoms with Crippen LogP contribution in [0.15, 0.2) is 0 Å². The van der Waals surface area contributed by atoms with Crippen molar-refractivity contribution in [2.75, 3.05) is 13.1 Å². The number of nitrogens with one attached hydrogen (secondary N) is 4. The quantitative estimate of drug-likeness (QED) is 0.438. The van der Waals surface area contributed by atoms with Crippen LogP contribution in [0.4, 0.5) is 0 Å². The minimum absolute atomic E-state index is 0.149. The van der Waals surface area contributed by atoms with E-state index in [9.17, 15) is 9.59 Å². The molecule has 2 rings (SSSR count). The first-order chi connectivity index (χ1) is 7.77. The second-order valence-corrected chi connectivity index (χ2v) is 4.28. The fourth-order valence-corrected chi connectivity index (χ4v) is 2.11. The zero-order valence-corrected chi connectivity index (χ0v) is 9.21. The molecule has 0 bridgehead atoms. The minimum atomic E-state index is -0.156. The Morgan fingerprint density at radius 2 is 1.31 bits per heavy atom. The van der Waals surface area contributed by atoms with Gasteiger partial charge < -0.3 is 10.6 Å². The highest BCUT2D eigenvalue weighted by molar-refractivity contribution is 5.87. The maximum absolute atomic E-state index is 11.6. The van der Waals surface area contributed by atoms with Crippen LogP contribution in [0.3, 0.4) is 0 Å². The van der Waals surface area contributed by atoms with Crippen molar-refractivity contribution in [1.82, 2.24) is 21.5 Å². The van der Waals surface area contributed by atoms with Gasteiger partial charge in [0.2, 0.25) is 0 Å². The number of hydrogen-bond donors (Lipinski definition) is 4. The Labute approximate surface area is 94.5 Å². The Morgan fingerprint density at radius 1 is 0.875 bits per heavy atom. The summed E-state index contributed by atoms with van der Waals surface area (Å²) in [6, 6.07) is -0.311. The largest absolute Gasteiger partial charge is 0.306 e. The topological polar surface area (TPSA) is 82.3 Å². The van der Waals surface area contributed by atoms with Gasteiger partial charge >= 0.3 is 0 Å². The van der Waals surface area contributed by atoms with E-state index in [1.54, 1.807) is 0 Å². The zero-order chi connectivity index (χ0) is 11.4. The summed E-state index contributed by atoms with van der Waals surface area (Å²) >= 11 is 0. The zero-order valence-electron chi connectivity index (χ0n) is 9.21. The maximum atomic E-state index is 11.6. The lowest BCUT2D eigenvalue weighted by atomic mass is 10.2. The van der Waals surface area contributed by atoms with Crippen LogP contribution in [-0.4, -0.2) is 37.0 Å². The van der Waals surface area contributed by atoms with Gasteiger partial charge in [-0.3, -0.25) is 20.4 Å². The molecule has 6 heteroatoms. The summed E-state index contributed by atoms with van der Waals surface area (Å²) in [5.74, 6) is -0.298. The molecule has 0 radical (unpaired) electrons. The van der Waals surface area contributed by atoms with E-state index < -0.39 is 0 Å². The van der Waals surface area contributed by atoms with Crippen molar-refractivity contribution in [2.24, 2.45) is 0 Å². The van der Waals surface area contributed by atoms with Gasteiger partial charge in [-0.05, 0) is 38.8 Å². The highest BCUT2D eigenvalue weighted by Gasteiger charge is 2.25. The van der Waals surface area contributed by atoms with Crippen molar-refractivity contribution in [3.05, 3.63) is 0 Å². The highest BCUT2D eigenvalue weighted by Crippen LogP contribution is 2.05. The van der Waals surface area contributed by atoms with Crippen molar-refractivity contribution in [3.63, 3.8) is 0 Å². The van der Waals surface area contributed by atoms with E-state index in [1.165, 1.54) is 0 Å². The number of rotatable bonds is 2. The van der Waals surface area contributed by atoms with E-state index in [1.807, 2.05) is 0 Å². The van der Waals surface area contributed by atoms with Gasteiger partial charge in [0.25, 0.3) is 11.8 Å². The highest BCUT2D eigenvalue weighted by atomic mass is 16.2. The third kappa shape index (κ3) is 2.70. The molecule has 0 aromatic carbocycles. The standard InChI is InChI=1S/C10H18N4O2/c15-9(7-3-1-5-11-7)13-14-10(16)8-4-2-6-12-8/h7-8,11-12H,1-6H2,(H,13,15)(H,14,16)/t7-,8-/m0/s1. The molecule has 0 spiro atoms. The SMILES string of the molecule is O=C(NNC(=O)[C@@H]1CCCN1)[C@@H]1CCCN1. The van der Waals surface area contributed by atoms with E-state index >= 15 is 0 Å². The predicted octanol–water partition coefficient (Wildman–Crippen LogP) is -1.36. The molecule has 90 valence electrons. The number of hydrazine groups is 1. The molecule has 2 heterocycles. The molecule has 4 N–H and O–H groups in total. The van der Waals surface area contributed by atoms with Gasteiger partial charge in [0.1, 0.15) is 0 Å². The van der Waals surface area contributed by atoms with Crippen LogP contribution < -0.4 is 21.5 Å². The molecule has 16 heavy (non-hydrogen) atoms. The number of hydrogen-bond acceptors (Lipinski definition) is 4. The summed E-state index contributed by atoms with van der Waals surface area (Å²) in [4.78, 5) is 23.1. The summed E-state index contributed by atoms with van der Waals surface area (Å²) < 4.78 is 0. The van der Waals surface area contributed by atoms with Gasteiger partial charge in [0, 0.05) is 0 Å². The van der Waals surface area contributed by atoms with Crippen LogP contribution in [0.5, 0.6) is 0 Å². The average Bonchev–Trinajstić information content (AvgIpc) is 2.95. The second-order valence-electron chi connectivity index (χ2n) is 4.28. The van der Waals surface area contributed by atoms with Gasteiger partial charge in [-0.1, -0.05) is 0 Å². The molecule has 2 aliphatic rings. The number of carbonyl (C=O) groups is 2. The fraction of sp³-hybridized carbons (Fsp3) is 0.800. The second kappa shape index (κ2) is 5.27. The minimum Gasteiger partial charge on any atom is -0.306 e. The van der Waals surface area contributed by atoms with Crippen LogP contribution in [0.1, 0.15) is 25.7 Å². The number of carbonyl (C=O) groups excluding carboxylic acids is 2. The third-order valence-electron chi connectivity index (χ3n) is 3.06. The Morgan fingerprint density at radius 3 is 1.62 bits per heavy atom. The van der Waals surface area contributed by atoms with E-state index in [-0.39, 0.29) is 23.9 Å². The van der Waals surface area contributed by atoms with Gasteiger partial charge in [-0.15, -0.1) is 0 Å². The first-order valence-corrected chi connectivity index (χ1v) is 5.84. The van der Waals surface area contributed by atoms with Gasteiger partial charge in [-0.2, -0.15) is 0 Å². The van der Waals surface area contributed by atoms with Crippen LogP contribution in [0.25, 0.3) is 0 Å². The summed E-state index contributed by atoms with van der Waals surface area (Å²) in [5.41, 5.74) is 4.92. The summed E-state index contributed by atoms with van der Waals surface area (Å²) in [5, 5.41) is 6.14. The molecule has 0 aromatic heterocycles. The van der Waals surface area contributed by atoms with Crippen LogP contribution in [0, 0.1) is 0 Å². The average molecular weight is 226 g/mol. The Bertz CT molecular complexity index is 242. The Kier molecular flexibility index (Phi) is 3.74. The summed E-state index contributed by atoms with van der Waals surface area (Å²) in [6.07, 6.45) is 3.69. The smallest absolute Gasteiger partial charge is 0.255 e. The molecular formula is C10H18N4O2. The molecule has 2 atom stereocenters. The fourth-order valence-electron chi connectivity index (χ4n) is 2.11. The molecule has 2 fully saturated rings. The Balaban J connectivity index is 1.69. The Hall–Kier alpha value is -1.14. The van der Waals surface area contributed by atoms with Gasteiger partial charge in [0.05, 0.1) is 12.1 Å². The lowest BCUT2D eigenvalue weighted by Crippen LogP contribution is -2.53. The molecule has 0 saturated carbocycles. The molecule has 6 nitrogen and oxygen atoms in total. The van der Waals surface area contributed by atoms with E-state index in [0.29, 0.717) is 0 Å². The van der Waals surface area contributed by atoms with Gasteiger partial charge in [-0.25, -0.2) is 0 Å². The molecule has 2 amide bonds. The van der Waals surface area contributed by atoms with Crippen LogP contribution in [-0.2, 0) is 9.59 Å². The lowest BCUT2D eigenvalue weighted by Gasteiger charge is -2.14. The normalized spacial score (nSPS) is 29.0. The number of amides is 2. The van der Waals surface area contributed by atoms with Crippen molar-refractivity contribution in [3.8, 4) is 0 Å².